The van der Waals surface area contributed by atoms with Crippen molar-refractivity contribution in [3.8, 4) is 0 Å². The monoisotopic (exact) mass is 262 g/mol. The van der Waals surface area contributed by atoms with Crippen LogP contribution in [0.3, 0.4) is 0 Å². The van der Waals surface area contributed by atoms with E-state index >= 15 is 0 Å². The predicted octanol–water partition coefficient (Wildman–Crippen LogP) is -0.371. The van der Waals surface area contributed by atoms with Crippen molar-refractivity contribution in [2.45, 2.75) is 37.9 Å². The molecule has 0 heterocycles. The normalized spacial score (nSPS) is 17.0. The lowest BCUT2D eigenvalue weighted by Crippen LogP contribution is -2.55. The zero-order valence-electron chi connectivity index (χ0n) is 11.5. The van der Waals surface area contributed by atoms with Gasteiger partial charge in [-0.2, -0.15) is 0 Å². The molecule has 0 aliphatic rings. The van der Waals surface area contributed by atoms with Crippen LogP contribution in [-0.2, 0) is 9.59 Å². The average Bonchev–Trinajstić information content (AvgIpc) is 2.12. The molecule has 6 heteroatoms. The van der Waals surface area contributed by atoms with Crippen LogP contribution in [0.2, 0.25) is 0 Å². The van der Waals surface area contributed by atoms with Crippen molar-refractivity contribution in [1.82, 2.24) is 0 Å². The maximum Gasteiger partial charge on any atom is 0.306 e. The number of carbonyl (C=O) groups is 2. The summed E-state index contributed by atoms with van der Waals surface area (Å²) < 4.78 is 0.262. The summed E-state index contributed by atoms with van der Waals surface area (Å²) in [6, 6.07) is 0. The van der Waals surface area contributed by atoms with E-state index in [1.54, 1.807) is 28.1 Å². The van der Waals surface area contributed by atoms with E-state index in [0.29, 0.717) is 6.42 Å². The number of ketones is 1. The highest BCUT2D eigenvalue weighted by Gasteiger charge is 2.43. The number of carboxylic acid groups (broad SMARTS) is 1. The van der Waals surface area contributed by atoms with Gasteiger partial charge in [0.05, 0.1) is 33.7 Å². The average molecular weight is 262 g/mol. The quantitative estimate of drug-likeness (QED) is 0.519. The second-order valence-electron chi connectivity index (χ2n) is 5.74. The number of aliphatic hydroxyl groups is 2. The highest BCUT2D eigenvalue weighted by atomic mass is 16.4. The number of likely N-dealkylation sites (N-methyl/N-ethyl adjacent to an activating group) is 1. The van der Waals surface area contributed by atoms with Crippen LogP contribution in [0.4, 0.5) is 0 Å². The van der Waals surface area contributed by atoms with Gasteiger partial charge in [-0.15, -0.1) is 0 Å². The summed E-state index contributed by atoms with van der Waals surface area (Å²) in [5, 5.41) is 28.5. The van der Waals surface area contributed by atoms with E-state index in [1.165, 1.54) is 0 Å². The number of nitrogens with zero attached hydrogens (tertiary/aromatic N) is 1. The fourth-order valence-electron chi connectivity index (χ4n) is 1.83. The molecular formula is C12H24NO5+. The van der Waals surface area contributed by atoms with Crippen LogP contribution in [0.1, 0.15) is 26.2 Å². The van der Waals surface area contributed by atoms with Crippen LogP contribution < -0.4 is 0 Å². The lowest BCUT2D eigenvalue weighted by Gasteiger charge is -2.34. The van der Waals surface area contributed by atoms with Gasteiger partial charge in [0.15, 0.2) is 11.4 Å². The Hall–Kier alpha value is -0.980. The predicted molar refractivity (Wildman–Crippen MR) is 66.0 cm³/mol. The first-order valence-electron chi connectivity index (χ1n) is 5.96. The van der Waals surface area contributed by atoms with Gasteiger partial charge in [0.1, 0.15) is 6.54 Å². The van der Waals surface area contributed by atoms with Crippen molar-refractivity contribution in [2.75, 3.05) is 27.7 Å². The third-order valence-electron chi connectivity index (χ3n) is 2.59. The van der Waals surface area contributed by atoms with Crippen LogP contribution >= 0.6 is 0 Å². The molecule has 3 N–H and O–H groups in total. The Bertz CT molecular complexity index is 310. The maximum atomic E-state index is 12.0. The third-order valence-corrected chi connectivity index (χ3v) is 2.59. The Morgan fingerprint density at radius 3 is 2.11 bits per heavy atom. The molecule has 106 valence electrons. The van der Waals surface area contributed by atoms with Crippen molar-refractivity contribution in [3.05, 3.63) is 0 Å². The lowest BCUT2D eigenvalue weighted by molar-refractivity contribution is -0.875. The molecule has 2 atom stereocenters. The molecule has 0 aromatic heterocycles. The molecule has 0 amide bonds. The van der Waals surface area contributed by atoms with Gasteiger partial charge in [-0.1, -0.05) is 6.92 Å². The zero-order valence-corrected chi connectivity index (χ0v) is 11.5. The van der Waals surface area contributed by atoms with E-state index in [2.05, 4.69) is 0 Å². The van der Waals surface area contributed by atoms with Gasteiger partial charge in [-0.3, -0.25) is 9.59 Å². The Balaban J connectivity index is 4.96. The maximum absolute atomic E-state index is 12.0. The standard InChI is InChI=1S/C12H23NO5/c1-5-9(14)6-10(15)12(18,7-11(16)17)8-13(2,3)4/h9,14,18H,5-8H2,1-4H3/p+1. The number of carbonyl (C=O) groups excluding carboxylic acids is 1. The highest BCUT2D eigenvalue weighted by Crippen LogP contribution is 2.19. The van der Waals surface area contributed by atoms with E-state index in [1.807, 2.05) is 0 Å². The van der Waals surface area contributed by atoms with Crippen molar-refractivity contribution >= 4 is 11.8 Å². The van der Waals surface area contributed by atoms with Crippen molar-refractivity contribution in [2.24, 2.45) is 0 Å². The van der Waals surface area contributed by atoms with Gasteiger partial charge >= 0.3 is 5.97 Å². The number of rotatable bonds is 8. The molecule has 2 unspecified atom stereocenters. The fraction of sp³-hybridized carbons (Fsp3) is 0.833. The van der Waals surface area contributed by atoms with E-state index in [-0.39, 0.29) is 17.4 Å². The van der Waals surface area contributed by atoms with E-state index < -0.39 is 29.9 Å². The number of hydrogen-bond acceptors (Lipinski definition) is 4. The molecule has 0 aliphatic heterocycles. The molecule has 0 aromatic rings. The molecule has 0 rings (SSSR count). The van der Waals surface area contributed by atoms with E-state index in [0.717, 1.165) is 0 Å². The highest BCUT2D eigenvalue weighted by molar-refractivity contribution is 5.91. The summed E-state index contributed by atoms with van der Waals surface area (Å²) in [7, 11) is 5.28. The number of carboxylic acids is 1. The molecule has 0 saturated carbocycles. The Morgan fingerprint density at radius 1 is 1.28 bits per heavy atom. The van der Waals surface area contributed by atoms with Crippen LogP contribution in [-0.4, -0.2) is 70.9 Å². The minimum atomic E-state index is -1.93. The number of hydrogen-bond donors (Lipinski definition) is 3. The van der Waals surface area contributed by atoms with Gasteiger partial charge < -0.3 is 19.8 Å². The third kappa shape index (κ3) is 6.09. The molecule has 0 bridgehead atoms. The van der Waals surface area contributed by atoms with Gasteiger partial charge in [0.2, 0.25) is 0 Å². The van der Waals surface area contributed by atoms with Crippen molar-refractivity contribution in [3.63, 3.8) is 0 Å². The van der Waals surface area contributed by atoms with E-state index in [9.17, 15) is 19.8 Å². The first kappa shape index (κ1) is 17.0. The minimum absolute atomic E-state index is 0.00539. The summed E-state index contributed by atoms with van der Waals surface area (Å²) in [6.07, 6.45) is -1.32. The smallest absolute Gasteiger partial charge is 0.306 e. The molecule has 0 spiro atoms. The van der Waals surface area contributed by atoms with Crippen LogP contribution in [0.15, 0.2) is 0 Å². The summed E-state index contributed by atoms with van der Waals surface area (Å²) >= 11 is 0. The lowest BCUT2D eigenvalue weighted by atomic mass is 9.89. The molecule has 0 saturated heterocycles. The SMILES string of the molecule is CCC(O)CC(=O)C(O)(CC(=O)O)C[N+](C)(C)C. The second kappa shape index (κ2) is 6.26. The zero-order chi connectivity index (χ0) is 14.6. The molecular weight excluding hydrogens is 238 g/mol. The number of aliphatic carboxylic acids is 1. The summed E-state index contributed by atoms with van der Waals surface area (Å²) in [5.74, 6) is -1.85. The number of aliphatic hydroxyl groups excluding tert-OH is 1. The Morgan fingerprint density at radius 2 is 1.78 bits per heavy atom. The molecule has 0 radical (unpaired) electrons. The largest absolute Gasteiger partial charge is 0.481 e. The second-order valence-corrected chi connectivity index (χ2v) is 5.74. The van der Waals surface area contributed by atoms with Gasteiger partial charge in [-0.05, 0) is 6.42 Å². The minimum Gasteiger partial charge on any atom is -0.481 e. The van der Waals surface area contributed by atoms with Crippen molar-refractivity contribution < 1.29 is 29.4 Å². The summed E-state index contributed by atoms with van der Waals surface area (Å²) in [6.45, 7) is 1.71. The molecule has 0 fully saturated rings. The van der Waals surface area contributed by atoms with Gasteiger partial charge in [0.25, 0.3) is 0 Å². The Kier molecular flexibility index (Phi) is 5.92. The summed E-state index contributed by atoms with van der Waals surface area (Å²) in [5.41, 5.74) is -1.93. The van der Waals surface area contributed by atoms with Crippen molar-refractivity contribution in [1.29, 1.82) is 0 Å². The van der Waals surface area contributed by atoms with Crippen LogP contribution in [0.5, 0.6) is 0 Å². The first-order chi connectivity index (χ1) is 8.00. The fourth-order valence-corrected chi connectivity index (χ4v) is 1.83. The topological polar surface area (TPSA) is 94.8 Å². The molecule has 6 nitrogen and oxygen atoms in total. The molecule has 0 aromatic carbocycles. The first-order valence-corrected chi connectivity index (χ1v) is 5.96. The molecule has 18 heavy (non-hydrogen) atoms. The van der Waals surface area contributed by atoms with Crippen LogP contribution in [0.25, 0.3) is 0 Å². The summed E-state index contributed by atoms with van der Waals surface area (Å²) in [4.78, 5) is 22.7. The van der Waals surface area contributed by atoms with Gasteiger partial charge in [-0.25, -0.2) is 0 Å². The van der Waals surface area contributed by atoms with Gasteiger partial charge in [0, 0.05) is 6.42 Å². The Labute approximate surface area is 107 Å². The number of quaternary nitrogens is 1. The van der Waals surface area contributed by atoms with Crippen LogP contribution in [0, 0.1) is 0 Å². The molecule has 0 aliphatic carbocycles. The number of Topliss-reactive ketones (excluding diaryl/α,β-unsaturated/α-hetero) is 1. The van der Waals surface area contributed by atoms with E-state index in [4.69, 9.17) is 5.11 Å².